The van der Waals surface area contributed by atoms with Gasteiger partial charge in [-0.25, -0.2) is 4.98 Å². The number of benzene rings is 1. The van der Waals surface area contributed by atoms with Gasteiger partial charge in [0, 0.05) is 24.2 Å². The highest BCUT2D eigenvalue weighted by atomic mass is 35.5. The van der Waals surface area contributed by atoms with Gasteiger partial charge in [-0.1, -0.05) is 6.92 Å². The lowest BCUT2D eigenvalue weighted by atomic mass is 10.3. The summed E-state index contributed by atoms with van der Waals surface area (Å²) in [5.41, 5.74) is 1.33. The molecule has 0 bridgehead atoms. The highest BCUT2D eigenvalue weighted by Crippen LogP contribution is 2.22. The van der Waals surface area contributed by atoms with Crippen LogP contribution in [-0.4, -0.2) is 37.6 Å². The van der Waals surface area contributed by atoms with Crippen LogP contribution < -0.4 is 20.7 Å². The summed E-state index contributed by atoms with van der Waals surface area (Å²) in [4.78, 5) is 16.3. The van der Waals surface area contributed by atoms with E-state index in [4.69, 9.17) is 4.74 Å². The van der Waals surface area contributed by atoms with E-state index in [0.717, 1.165) is 30.9 Å². The fraction of sp³-hybridized carbons (Fsp3) is 0.375. The van der Waals surface area contributed by atoms with Crippen LogP contribution in [0.1, 0.15) is 23.8 Å². The van der Waals surface area contributed by atoms with Crippen molar-refractivity contribution < 1.29 is 9.53 Å². The van der Waals surface area contributed by atoms with Gasteiger partial charge in [0.2, 0.25) is 0 Å². The van der Waals surface area contributed by atoms with Crippen LogP contribution in [0.4, 0.5) is 10.8 Å². The Morgan fingerprint density at radius 1 is 1.16 bits per heavy atom. The van der Waals surface area contributed by atoms with Gasteiger partial charge in [-0.05, 0) is 37.2 Å². The van der Waals surface area contributed by atoms with Crippen LogP contribution in [0.5, 0.6) is 5.75 Å². The van der Waals surface area contributed by atoms with Gasteiger partial charge >= 0.3 is 0 Å². The predicted octanol–water partition coefficient (Wildman–Crippen LogP) is 3.47. The molecule has 1 aromatic carbocycles. The van der Waals surface area contributed by atoms with Gasteiger partial charge in [-0.3, -0.25) is 4.79 Å². The Bertz CT molecular complexity index is 623. The van der Waals surface area contributed by atoms with Crippen LogP contribution in [0.3, 0.4) is 0 Å². The molecule has 0 spiro atoms. The van der Waals surface area contributed by atoms with Crippen molar-refractivity contribution in [1.82, 2.24) is 15.6 Å². The number of thiazole rings is 1. The molecule has 2 rings (SSSR count). The quantitative estimate of drug-likeness (QED) is 0.555. The normalized spacial score (nSPS) is 9.52. The van der Waals surface area contributed by atoms with Crippen LogP contribution in [0.15, 0.2) is 29.6 Å². The molecule has 0 radical (unpaired) electrons. The molecular weight excluding hydrogens is 383 g/mol. The molecule has 0 atom stereocenters. The summed E-state index contributed by atoms with van der Waals surface area (Å²) in [5, 5.41) is 11.7. The van der Waals surface area contributed by atoms with E-state index in [1.165, 1.54) is 11.3 Å². The molecule has 0 aliphatic carbocycles. The third-order valence-corrected chi connectivity index (χ3v) is 3.85. The van der Waals surface area contributed by atoms with E-state index in [-0.39, 0.29) is 30.7 Å². The minimum absolute atomic E-state index is 0. The van der Waals surface area contributed by atoms with Crippen molar-refractivity contribution in [2.24, 2.45) is 0 Å². The Hall–Kier alpha value is -1.54. The molecule has 9 heteroatoms. The van der Waals surface area contributed by atoms with Gasteiger partial charge in [-0.15, -0.1) is 36.2 Å². The number of ether oxygens (including phenoxy) is 1. The number of methoxy groups -OCH3 is 1. The van der Waals surface area contributed by atoms with Crippen molar-refractivity contribution in [3.8, 4) is 5.75 Å². The first-order valence-electron chi connectivity index (χ1n) is 7.58. The Balaban J connectivity index is 0.00000288. The third-order valence-electron chi connectivity index (χ3n) is 3.09. The second-order valence-electron chi connectivity index (χ2n) is 4.90. The van der Waals surface area contributed by atoms with Crippen molar-refractivity contribution in [3.63, 3.8) is 0 Å². The van der Waals surface area contributed by atoms with Gasteiger partial charge in [0.15, 0.2) is 5.13 Å². The van der Waals surface area contributed by atoms with Gasteiger partial charge in [0.05, 0.1) is 7.11 Å². The monoisotopic (exact) mass is 406 g/mol. The molecule has 0 fully saturated rings. The van der Waals surface area contributed by atoms with Gasteiger partial charge in [-0.2, -0.15) is 0 Å². The molecule has 1 amide bonds. The number of aromatic nitrogens is 1. The highest BCUT2D eigenvalue weighted by Gasteiger charge is 2.10. The molecular formula is C16H24Cl2N4O2S. The molecule has 0 unspecified atom stereocenters. The molecule has 0 saturated heterocycles. The molecule has 2 aromatic rings. The number of rotatable bonds is 9. The molecule has 25 heavy (non-hydrogen) atoms. The second-order valence-corrected chi connectivity index (χ2v) is 5.76. The number of nitrogens with one attached hydrogen (secondary N) is 3. The van der Waals surface area contributed by atoms with Crippen molar-refractivity contribution in [3.05, 3.63) is 35.3 Å². The largest absolute Gasteiger partial charge is 0.497 e. The minimum Gasteiger partial charge on any atom is -0.497 e. The zero-order chi connectivity index (χ0) is 16.5. The van der Waals surface area contributed by atoms with Gasteiger partial charge < -0.3 is 20.7 Å². The van der Waals surface area contributed by atoms with E-state index in [9.17, 15) is 4.79 Å². The Morgan fingerprint density at radius 3 is 2.52 bits per heavy atom. The Labute approximate surface area is 164 Å². The summed E-state index contributed by atoms with van der Waals surface area (Å²) in [6.07, 6.45) is 1.08. The maximum Gasteiger partial charge on any atom is 0.270 e. The Kier molecular flexibility index (Phi) is 12.0. The lowest BCUT2D eigenvalue weighted by Gasteiger charge is -2.05. The van der Waals surface area contributed by atoms with Crippen molar-refractivity contribution in [2.75, 3.05) is 32.1 Å². The number of carbonyl (C=O) groups excluding carboxylic acids is 1. The topological polar surface area (TPSA) is 75.3 Å². The van der Waals surface area contributed by atoms with E-state index in [1.54, 1.807) is 12.5 Å². The summed E-state index contributed by atoms with van der Waals surface area (Å²) in [6, 6.07) is 7.54. The summed E-state index contributed by atoms with van der Waals surface area (Å²) in [6.45, 7) is 4.43. The highest BCUT2D eigenvalue weighted by molar-refractivity contribution is 7.14. The molecule has 0 aliphatic rings. The number of nitrogens with zero attached hydrogens (tertiary/aromatic N) is 1. The zero-order valence-corrected chi connectivity index (χ0v) is 16.7. The van der Waals surface area contributed by atoms with Crippen molar-refractivity contribution >= 4 is 52.9 Å². The first kappa shape index (κ1) is 23.5. The lowest BCUT2D eigenvalue weighted by molar-refractivity contribution is 0.0950. The number of hydrogen-bond acceptors (Lipinski definition) is 6. The minimum atomic E-state index is -0.151. The summed E-state index contributed by atoms with van der Waals surface area (Å²) in [5.74, 6) is 0.647. The standard InChI is InChI=1S/C16H22N4O2S.2ClH/c1-3-8-17-9-10-18-15(21)14-11-23-16(20-14)19-12-4-6-13(22-2)7-5-12;;/h4-7,11,17H,3,8-10H2,1-2H3,(H,18,21)(H,19,20);2*1H. The summed E-state index contributed by atoms with van der Waals surface area (Å²) < 4.78 is 5.12. The van der Waals surface area contributed by atoms with E-state index in [0.29, 0.717) is 17.4 Å². The fourth-order valence-electron chi connectivity index (χ4n) is 1.89. The van der Waals surface area contributed by atoms with Crippen molar-refractivity contribution in [1.29, 1.82) is 0 Å². The summed E-state index contributed by atoms with van der Waals surface area (Å²) in [7, 11) is 1.63. The number of anilines is 2. The summed E-state index contributed by atoms with van der Waals surface area (Å²) >= 11 is 1.40. The average molecular weight is 407 g/mol. The lowest BCUT2D eigenvalue weighted by Crippen LogP contribution is -2.32. The smallest absolute Gasteiger partial charge is 0.270 e. The SMILES string of the molecule is CCCNCCNC(=O)c1csc(Nc2ccc(OC)cc2)n1.Cl.Cl. The average Bonchev–Trinajstić information content (AvgIpc) is 3.04. The first-order valence-corrected chi connectivity index (χ1v) is 8.46. The van der Waals surface area contributed by atoms with Crippen LogP contribution in [0.25, 0.3) is 0 Å². The molecule has 1 aromatic heterocycles. The third kappa shape index (κ3) is 7.92. The molecule has 140 valence electrons. The molecule has 0 saturated carbocycles. The van der Waals surface area contributed by atoms with E-state index in [2.05, 4.69) is 27.9 Å². The van der Waals surface area contributed by atoms with Gasteiger partial charge in [0.1, 0.15) is 11.4 Å². The van der Waals surface area contributed by atoms with Crippen LogP contribution in [-0.2, 0) is 0 Å². The first-order chi connectivity index (χ1) is 11.2. The van der Waals surface area contributed by atoms with E-state index in [1.807, 2.05) is 24.3 Å². The zero-order valence-electron chi connectivity index (χ0n) is 14.2. The van der Waals surface area contributed by atoms with E-state index >= 15 is 0 Å². The number of hydrogen-bond donors (Lipinski definition) is 3. The number of amides is 1. The molecule has 1 heterocycles. The molecule has 6 nitrogen and oxygen atoms in total. The van der Waals surface area contributed by atoms with E-state index < -0.39 is 0 Å². The second kappa shape index (κ2) is 12.8. The maximum absolute atomic E-state index is 12.0. The predicted molar refractivity (Wildman–Crippen MR) is 108 cm³/mol. The molecule has 0 aliphatic heterocycles. The number of halogens is 2. The van der Waals surface area contributed by atoms with Crippen LogP contribution in [0, 0.1) is 0 Å². The van der Waals surface area contributed by atoms with Crippen LogP contribution in [0.2, 0.25) is 0 Å². The van der Waals surface area contributed by atoms with Crippen molar-refractivity contribution in [2.45, 2.75) is 13.3 Å². The molecule has 3 N–H and O–H groups in total. The fourth-order valence-corrected chi connectivity index (χ4v) is 2.60. The maximum atomic E-state index is 12.0. The Morgan fingerprint density at radius 2 is 1.88 bits per heavy atom. The number of carbonyl (C=O) groups is 1. The van der Waals surface area contributed by atoms with Crippen LogP contribution >= 0.6 is 36.2 Å². The van der Waals surface area contributed by atoms with Gasteiger partial charge in [0.25, 0.3) is 5.91 Å².